The normalized spacial score (nSPS) is 18.9. The van der Waals surface area contributed by atoms with Crippen molar-refractivity contribution in [1.82, 2.24) is 14.3 Å². The second-order valence-corrected chi connectivity index (χ2v) is 11.5. The Morgan fingerprint density at radius 2 is 1.78 bits per heavy atom. The smallest absolute Gasteiger partial charge is 0.243 e. The summed E-state index contributed by atoms with van der Waals surface area (Å²) in [5, 5.41) is 0. The maximum Gasteiger partial charge on any atom is 0.243 e. The molecule has 4 rings (SSSR count). The van der Waals surface area contributed by atoms with Crippen molar-refractivity contribution < 1.29 is 17.9 Å². The fraction of sp³-hybridized carbons (Fsp3) is 0.273. The topological polar surface area (TPSA) is 118 Å². The predicted octanol–water partition coefficient (Wildman–Crippen LogP) is 3.24. The van der Waals surface area contributed by atoms with Gasteiger partial charge in [0.15, 0.2) is 0 Å². The summed E-state index contributed by atoms with van der Waals surface area (Å²) < 4.78 is 33.0. The number of H-pyrrole nitrogens is 1. The Hall–Kier alpha value is -2.82. The Labute approximate surface area is 191 Å². The number of nitrogens with two attached hydrogens (primary N) is 1. The van der Waals surface area contributed by atoms with Crippen LogP contribution in [0.3, 0.4) is 0 Å². The number of carbonyl (C=O) groups excluding carboxylic acids is 1. The van der Waals surface area contributed by atoms with E-state index in [4.69, 9.17) is 10.5 Å². The summed E-state index contributed by atoms with van der Waals surface area (Å²) in [5.74, 6) is 1.81. The molecule has 0 aliphatic carbocycles. The van der Waals surface area contributed by atoms with Gasteiger partial charge in [0.1, 0.15) is 23.4 Å². The number of primary amides is 1. The molecule has 1 amide bonds. The van der Waals surface area contributed by atoms with Gasteiger partial charge in [0.05, 0.1) is 4.90 Å². The van der Waals surface area contributed by atoms with Crippen molar-refractivity contribution in [3.05, 3.63) is 60.9 Å². The molecular weight excluding hydrogens is 448 g/mol. The first-order valence-corrected chi connectivity index (χ1v) is 12.4. The van der Waals surface area contributed by atoms with Gasteiger partial charge >= 0.3 is 0 Å². The van der Waals surface area contributed by atoms with E-state index in [9.17, 15) is 13.2 Å². The van der Waals surface area contributed by atoms with Crippen LogP contribution < -0.4 is 10.5 Å². The van der Waals surface area contributed by atoms with Gasteiger partial charge in [-0.1, -0.05) is 0 Å². The molecule has 10 heteroatoms. The van der Waals surface area contributed by atoms with Crippen LogP contribution in [0.5, 0.6) is 11.5 Å². The fourth-order valence-electron chi connectivity index (χ4n) is 3.75. The Bertz CT molecular complexity index is 1190. The van der Waals surface area contributed by atoms with Crippen molar-refractivity contribution in [3.8, 4) is 22.9 Å². The van der Waals surface area contributed by atoms with E-state index in [0.717, 1.165) is 11.4 Å². The van der Waals surface area contributed by atoms with Gasteiger partial charge in [0.25, 0.3) is 0 Å². The van der Waals surface area contributed by atoms with E-state index in [0.29, 0.717) is 17.3 Å². The molecular formula is C22H24N4O4S2. The molecule has 3 aromatic rings. The average molecular weight is 473 g/mol. The molecule has 1 unspecified atom stereocenters. The minimum Gasteiger partial charge on any atom is -0.457 e. The van der Waals surface area contributed by atoms with E-state index in [1.165, 1.54) is 16.4 Å². The first-order valence-electron chi connectivity index (χ1n) is 10.0. The van der Waals surface area contributed by atoms with E-state index < -0.39 is 26.7 Å². The van der Waals surface area contributed by atoms with Gasteiger partial charge < -0.3 is 15.5 Å². The van der Waals surface area contributed by atoms with Crippen molar-refractivity contribution in [1.29, 1.82) is 0 Å². The van der Waals surface area contributed by atoms with Gasteiger partial charge in [-0.25, -0.2) is 13.4 Å². The predicted molar refractivity (Wildman–Crippen MR) is 124 cm³/mol. The number of aromatic amines is 1. The van der Waals surface area contributed by atoms with Crippen LogP contribution in [-0.4, -0.2) is 51.7 Å². The van der Waals surface area contributed by atoms with Gasteiger partial charge in [0.2, 0.25) is 15.9 Å². The summed E-state index contributed by atoms with van der Waals surface area (Å²) in [6, 6.07) is 12.6. The lowest BCUT2D eigenvalue weighted by molar-refractivity contribution is -0.122. The van der Waals surface area contributed by atoms with Crippen LogP contribution in [0.4, 0.5) is 0 Å². The van der Waals surface area contributed by atoms with E-state index in [-0.39, 0.29) is 11.4 Å². The SMILES string of the molecule is CC1(C)SCCN(S(=O)(=O)c2ccc(Oc3ccc(-c4ncc[nH]4)cc3)cc2)C1C(N)=O. The fourth-order valence-corrected chi connectivity index (χ4v) is 6.88. The first kappa shape index (κ1) is 22.4. The van der Waals surface area contributed by atoms with Crippen molar-refractivity contribution in [2.24, 2.45) is 5.73 Å². The van der Waals surface area contributed by atoms with Gasteiger partial charge in [-0.05, 0) is 62.4 Å². The number of nitrogens with zero attached hydrogens (tertiary/aromatic N) is 2. The zero-order chi connectivity index (χ0) is 22.9. The van der Waals surface area contributed by atoms with Crippen LogP contribution in [-0.2, 0) is 14.8 Å². The number of hydrogen-bond acceptors (Lipinski definition) is 6. The number of nitrogens with one attached hydrogen (secondary N) is 1. The van der Waals surface area contributed by atoms with Crippen LogP contribution in [0.25, 0.3) is 11.4 Å². The molecule has 0 spiro atoms. The molecule has 8 nitrogen and oxygen atoms in total. The van der Waals surface area contributed by atoms with E-state index in [1.54, 1.807) is 36.3 Å². The number of benzene rings is 2. The Morgan fingerprint density at radius 1 is 1.16 bits per heavy atom. The molecule has 1 aliphatic rings. The zero-order valence-electron chi connectivity index (χ0n) is 17.7. The van der Waals surface area contributed by atoms with E-state index in [2.05, 4.69) is 9.97 Å². The highest BCUT2D eigenvalue weighted by Gasteiger charge is 2.47. The molecule has 1 fully saturated rings. The first-order chi connectivity index (χ1) is 15.2. The van der Waals surface area contributed by atoms with Gasteiger partial charge in [-0.15, -0.1) is 0 Å². The van der Waals surface area contributed by atoms with Gasteiger partial charge in [-0.2, -0.15) is 16.1 Å². The van der Waals surface area contributed by atoms with Crippen molar-refractivity contribution in [2.75, 3.05) is 12.3 Å². The highest BCUT2D eigenvalue weighted by atomic mass is 32.2. The molecule has 0 bridgehead atoms. The second kappa shape index (κ2) is 8.61. The number of amides is 1. The molecule has 3 N–H and O–H groups in total. The summed E-state index contributed by atoms with van der Waals surface area (Å²) in [5.41, 5.74) is 6.50. The molecule has 2 aromatic carbocycles. The number of thioether (sulfide) groups is 1. The lowest BCUT2D eigenvalue weighted by atomic mass is 10.0. The van der Waals surface area contributed by atoms with Crippen LogP contribution in [0, 0.1) is 0 Å². The molecule has 1 saturated heterocycles. The Morgan fingerprint density at radius 3 is 2.34 bits per heavy atom. The van der Waals surface area contributed by atoms with Crippen LogP contribution in [0.2, 0.25) is 0 Å². The minimum absolute atomic E-state index is 0.0898. The van der Waals surface area contributed by atoms with E-state index >= 15 is 0 Å². The number of hydrogen-bond donors (Lipinski definition) is 2. The van der Waals surface area contributed by atoms with E-state index in [1.807, 2.05) is 38.1 Å². The summed E-state index contributed by atoms with van der Waals surface area (Å²) in [6.45, 7) is 3.90. The minimum atomic E-state index is -3.89. The number of carbonyl (C=O) groups is 1. The molecule has 1 aromatic heterocycles. The second-order valence-electron chi connectivity index (χ2n) is 7.91. The Balaban J connectivity index is 1.52. The number of ether oxygens (including phenoxy) is 1. The third-order valence-corrected chi connectivity index (χ3v) is 8.53. The van der Waals surface area contributed by atoms with Gasteiger partial charge in [-0.3, -0.25) is 4.79 Å². The van der Waals surface area contributed by atoms with Crippen molar-refractivity contribution in [2.45, 2.75) is 29.5 Å². The lowest BCUT2D eigenvalue weighted by Crippen LogP contribution is -2.60. The summed E-state index contributed by atoms with van der Waals surface area (Å²) in [4.78, 5) is 19.4. The van der Waals surface area contributed by atoms with Crippen molar-refractivity contribution in [3.63, 3.8) is 0 Å². The standard InChI is InChI=1S/C22H24N4O4S2/c1-22(2)19(20(23)27)26(13-14-31-22)32(28,29)18-9-7-17(8-10-18)30-16-5-3-15(4-6-16)21-24-11-12-25-21/h3-12,19H,13-14H2,1-2H3,(H2,23,27)(H,24,25). The van der Waals surface area contributed by atoms with Crippen LogP contribution in [0.1, 0.15) is 13.8 Å². The number of imidazole rings is 1. The van der Waals surface area contributed by atoms with Crippen molar-refractivity contribution >= 4 is 27.7 Å². The highest BCUT2D eigenvalue weighted by Crippen LogP contribution is 2.38. The third-order valence-electron chi connectivity index (χ3n) is 5.29. The molecule has 0 radical (unpaired) electrons. The molecule has 1 aliphatic heterocycles. The molecule has 0 saturated carbocycles. The molecule has 2 heterocycles. The maximum atomic E-state index is 13.3. The third kappa shape index (κ3) is 4.38. The zero-order valence-corrected chi connectivity index (χ0v) is 19.3. The number of aromatic nitrogens is 2. The van der Waals surface area contributed by atoms with Crippen LogP contribution in [0.15, 0.2) is 65.8 Å². The largest absolute Gasteiger partial charge is 0.457 e. The summed E-state index contributed by atoms with van der Waals surface area (Å²) >= 11 is 1.54. The number of rotatable bonds is 6. The van der Waals surface area contributed by atoms with Crippen LogP contribution >= 0.6 is 11.8 Å². The molecule has 32 heavy (non-hydrogen) atoms. The Kier molecular flexibility index (Phi) is 6.02. The summed E-state index contributed by atoms with van der Waals surface area (Å²) in [6.07, 6.45) is 3.44. The monoisotopic (exact) mass is 472 g/mol. The molecule has 168 valence electrons. The number of sulfonamides is 1. The average Bonchev–Trinajstić information content (AvgIpc) is 3.28. The lowest BCUT2D eigenvalue weighted by Gasteiger charge is -2.43. The van der Waals surface area contributed by atoms with Gasteiger partial charge in [0, 0.05) is 35.0 Å². The highest BCUT2D eigenvalue weighted by molar-refractivity contribution is 8.00. The maximum absolute atomic E-state index is 13.3. The summed E-state index contributed by atoms with van der Waals surface area (Å²) in [7, 11) is -3.89. The quantitative estimate of drug-likeness (QED) is 0.569. The molecule has 1 atom stereocenters.